The summed E-state index contributed by atoms with van der Waals surface area (Å²) < 4.78 is 1.84. The highest BCUT2D eigenvalue weighted by Crippen LogP contribution is 2.35. The van der Waals surface area contributed by atoms with Gasteiger partial charge in [0, 0.05) is 19.5 Å². The molecule has 0 aliphatic heterocycles. The minimum atomic E-state index is -0.990. The number of aliphatic hydroxyl groups is 1. The summed E-state index contributed by atoms with van der Waals surface area (Å²) in [5, 5.41) is 15.7. The number of aryl methyl sites for hydroxylation is 2. The molecule has 5 heteroatoms. The average Bonchev–Trinajstić information content (AvgIpc) is 2.55. The Labute approximate surface area is 114 Å². The van der Waals surface area contributed by atoms with E-state index in [1.54, 1.807) is 0 Å². The normalized spacial score (nSPS) is 15.8. The number of rotatable bonds is 4. The zero-order valence-corrected chi connectivity index (χ0v) is 12.7. The molecule has 0 spiro atoms. The molecule has 0 amide bonds. The highest BCUT2D eigenvalue weighted by atomic mass is 35.5. The number of hydrogen-bond donors (Lipinski definition) is 2. The molecule has 1 unspecified atom stereocenters. The first kappa shape index (κ1) is 15.5. The van der Waals surface area contributed by atoms with Gasteiger partial charge in [-0.15, -0.1) is 0 Å². The lowest BCUT2D eigenvalue weighted by Gasteiger charge is -2.39. The molecule has 18 heavy (non-hydrogen) atoms. The van der Waals surface area contributed by atoms with Gasteiger partial charge in [-0.2, -0.15) is 5.10 Å². The van der Waals surface area contributed by atoms with Gasteiger partial charge in [0.2, 0.25) is 0 Å². The molecular formula is C13H24ClN3O. The molecule has 1 heterocycles. The van der Waals surface area contributed by atoms with Crippen molar-refractivity contribution in [3.8, 4) is 0 Å². The fourth-order valence-corrected chi connectivity index (χ4v) is 2.16. The summed E-state index contributed by atoms with van der Waals surface area (Å²) in [6, 6.07) is 0. The maximum absolute atomic E-state index is 10.7. The van der Waals surface area contributed by atoms with Gasteiger partial charge in [-0.1, -0.05) is 32.4 Å². The molecule has 0 saturated heterocycles. The molecule has 0 saturated carbocycles. The number of aromatic nitrogens is 2. The van der Waals surface area contributed by atoms with E-state index >= 15 is 0 Å². The van der Waals surface area contributed by atoms with E-state index in [1.807, 2.05) is 39.3 Å². The van der Waals surface area contributed by atoms with Crippen LogP contribution < -0.4 is 5.73 Å². The Bertz CT molecular complexity index is 423. The van der Waals surface area contributed by atoms with Gasteiger partial charge in [0.1, 0.15) is 0 Å². The fraction of sp³-hybridized carbons (Fsp3) is 0.769. The summed E-state index contributed by atoms with van der Waals surface area (Å²) in [6.45, 7) is 10.7. The average molecular weight is 274 g/mol. The van der Waals surface area contributed by atoms with Crippen molar-refractivity contribution in [2.45, 2.75) is 53.2 Å². The summed E-state index contributed by atoms with van der Waals surface area (Å²) in [6.07, 6.45) is 0.417. The molecule has 1 rings (SSSR count). The molecule has 3 N–H and O–H groups in total. The van der Waals surface area contributed by atoms with E-state index in [9.17, 15) is 5.11 Å². The van der Waals surface area contributed by atoms with Crippen LogP contribution in [0, 0.1) is 12.3 Å². The summed E-state index contributed by atoms with van der Waals surface area (Å²) in [5.41, 5.74) is 6.11. The van der Waals surface area contributed by atoms with Crippen molar-refractivity contribution in [2.75, 3.05) is 6.54 Å². The molecule has 1 atom stereocenters. The minimum Gasteiger partial charge on any atom is -0.388 e. The van der Waals surface area contributed by atoms with Gasteiger partial charge in [-0.05, 0) is 19.3 Å². The monoisotopic (exact) mass is 273 g/mol. The van der Waals surface area contributed by atoms with Crippen molar-refractivity contribution in [2.24, 2.45) is 11.1 Å². The van der Waals surface area contributed by atoms with E-state index in [1.165, 1.54) is 0 Å². The molecule has 1 aromatic heterocycles. The first-order chi connectivity index (χ1) is 8.16. The van der Waals surface area contributed by atoms with Crippen molar-refractivity contribution in [3.63, 3.8) is 0 Å². The molecular weight excluding hydrogens is 250 g/mol. The molecule has 0 bridgehead atoms. The first-order valence-electron chi connectivity index (χ1n) is 6.30. The minimum absolute atomic E-state index is 0.195. The summed E-state index contributed by atoms with van der Waals surface area (Å²) in [5.74, 6) is 0. The number of nitrogens with two attached hydrogens (primary N) is 1. The van der Waals surface area contributed by atoms with Gasteiger partial charge in [0.25, 0.3) is 0 Å². The SMILES string of the molecule is CCn1nc(C)c(Cl)c1CC(O)(CN)C(C)(C)C. The van der Waals surface area contributed by atoms with Gasteiger partial charge in [-0.25, -0.2) is 0 Å². The molecule has 0 aliphatic carbocycles. The van der Waals surface area contributed by atoms with Crippen molar-refractivity contribution in [1.29, 1.82) is 0 Å². The zero-order chi connectivity index (χ0) is 14.1. The van der Waals surface area contributed by atoms with E-state index in [4.69, 9.17) is 17.3 Å². The van der Waals surface area contributed by atoms with Crippen LogP contribution in [0.25, 0.3) is 0 Å². The molecule has 104 valence electrons. The predicted octanol–water partition coefficient (Wildman–Crippen LogP) is 2.14. The van der Waals surface area contributed by atoms with Crippen LogP contribution in [0.5, 0.6) is 0 Å². The second kappa shape index (κ2) is 5.19. The third-order valence-corrected chi connectivity index (χ3v) is 4.14. The summed E-state index contributed by atoms with van der Waals surface area (Å²) >= 11 is 6.27. The van der Waals surface area contributed by atoms with Crippen LogP contribution in [0.3, 0.4) is 0 Å². The summed E-state index contributed by atoms with van der Waals surface area (Å²) in [4.78, 5) is 0. The molecule has 0 aromatic carbocycles. The van der Waals surface area contributed by atoms with Crippen LogP contribution in [0.1, 0.15) is 39.1 Å². The van der Waals surface area contributed by atoms with E-state index in [-0.39, 0.29) is 12.0 Å². The Morgan fingerprint density at radius 3 is 2.33 bits per heavy atom. The van der Waals surface area contributed by atoms with Gasteiger partial charge in [-0.3, -0.25) is 4.68 Å². The lowest BCUT2D eigenvalue weighted by Crippen LogP contribution is -2.51. The van der Waals surface area contributed by atoms with Crippen molar-refractivity contribution >= 4 is 11.6 Å². The quantitative estimate of drug-likeness (QED) is 0.883. The van der Waals surface area contributed by atoms with Gasteiger partial charge in [0.15, 0.2) is 0 Å². The van der Waals surface area contributed by atoms with Gasteiger partial charge < -0.3 is 10.8 Å². The molecule has 0 radical (unpaired) electrons. The number of halogens is 1. The Morgan fingerprint density at radius 2 is 1.94 bits per heavy atom. The van der Waals surface area contributed by atoms with Crippen LogP contribution >= 0.6 is 11.6 Å². The van der Waals surface area contributed by atoms with Crippen LogP contribution in [0.4, 0.5) is 0 Å². The van der Waals surface area contributed by atoms with E-state index in [2.05, 4.69) is 5.10 Å². The maximum Gasteiger partial charge on any atom is 0.0872 e. The zero-order valence-electron chi connectivity index (χ0n) is 11.9. The van der Waals surface area contributed by atoms with Gasteiger partial charge in [0.05, 0.1) is 22.0 Å². The highest BCUT2D eigenvalue weighted by Gasteiger charge is 2.40. The van der Waals surface area contributed by atoms with Gasteiger partial charge >= 0.3 is 0 Å². The fourth-order valence-electron chi connectivity index (χ4n) is 1.96. The van der Waals surface area contributed by atoms with Crippen LogP contribution in [0.2, 0.25) is 5.02 Å². The second-order valence-electron chi connectivity index (χ2n) is 5.82. The smallest absolute Gasteiger partial charge is 0.0872 e. The highest BCUT2D eigenvalue weighted by molar-refractivity contribution is 6.31. The maximum atomic E-state index is 10.7. The Balaban J connectivity index is 3.17. The lowest BCUT2D eigenvalue weighted by atomic mass is 9.73. The largest absolute Gasteiger partial charge is 0.388 e. The Kier molecular flexibility index (Phi) is 4.47. The van der Waals surface area contributed by atoms with Crippen LogP contribution in [-0.4, -0.2) is 27.0 Å². The third kappa shape index (κ3) is 2.71. The topological polar surface area (TPSA) is 64.1 Å². The number of hydrogen-bond acceptors (Lipinski definition) is 3. The second-order valence-corrected chi connectivity index (χ2v) is 6.20. The Hall–Kier alpha value is -0.580. The lowest BCUT2D eigenvalue weighted by molar-refractivity contribution is -0.0504. The first-order valence-corrected chi connectivity index (χ1v) is 6.68. The Morgan fingerprint density at radius 1 is 1.39 bits per heavy atom. The van der Waals surface area contributed by atoms with Crippen molar-refractivity contribution < 1.29 is 5.11 Å². The molecule has 4 nitrogen and oxygen atoms in total. The predicted molar refractivity (Wildman–Crippen MR) is 74.8 cm³/mol. The number of nitrogens with zero attached hydrogens (tertiary/aromatic N) is 2. The van der Waals surface area contributed by atoms with E-state index in [0.717, 1.165) is 17.9 Å². The molecule has 0 aliphatic rings. The van der Waals surface area contributed by atoms with E-state index in [0.29, 0.717) is 11.4 Å². The van der Waals surface area contributed by atoms with Crippen LogP contribution in [0.15, 0.2) is 0 Å². The van der Waals surface area contributed by atoms with Crippen molar-refractivity contribution in [3.05, 3.63) is 16.4 Å². The van der Waals surface area contributed by atoms with Crippen molar-refractivity contribution in [1.82, 2.24) is 9.78 Å². The standard InChI is InChI=1S/C13H24ClN3O/c1-6-17-10(11(14)9(2)16-17)7-13(18,8-15)12(3,4)5/h18H,6-8,15H2,1-5H3. The van der Waals surface area contributed by atoms with E-state index < -0.39 is 5.60 Å². The molecule has 0 fully saturated rings. The third-order valence-electron chi connectivity index (χ3n) is 3.65. The summed E-state index contributed by atoms with van der Waals surface area (Å²) in [7, 11) is 0. The van der Waals surface area contributed by atoms with Crippen LogP contribution in [-0.2, 0) is 13.0 Å². The molecule has 1 aromatic rings.